The highest BCUT2D eigenvalue weighted by Crippen LogP contribution is 2.29. The zero-order valence-corrected chi connectivity index (χ0v) is 20.8. The standard InChI is InChI=1S/C28H32F3N3O3/c1-18-6-2-3-7-22(18)26(36)33-24-9-5-4-8-23(24)32-25(35)19-14-16-34(17-15-19)27(37)20-10-12-21(13-11-20)28(29,30)31/h2-3,6-7,10-13,19,23-24H,4-5,8-9,14-17H2,1H3,(H,32,35)(H,33,36)/t23-,24-/m1/s1. The van der Waals surface area contributed by atoms with Crippen LogP contribution in [-0.2, 0) is 11.0 Å². The zero-order valence-electron chi connectivity index (χ0n) is 20.8. The molecule has 1 aliphatic heterocycles. The number of likely N-dealkylation sites (tertiary alicyclic amines) is 1. The fourth-order valence-corrected chi connectivity index (χ4v) is 5.18. The van der Waals surface area contributed by atoms with E-state index in [-0.39, 0.29) is 41.3 Å². The van der Waals surface area contributed by atoms with Crippen molar-refractivity contribution in [2.75, 3.05) is 13.1 Å². The number of rotatable bonds is 5. The van der Waals surface area contributed by atoms with Gasteiger partial charge in [-0.15, -0.1) is 0 Å². The highest BCUT2D eigenvalue weighted by molar-refractivity contribution is 5.96. The molecule has 4 rings (SSSR count). The Kier molecular flexibility index (Phi) is 8.19. The van der Waals surface area contributed by atoms with Crippen LogP contribution in [0.2, 0.25) is 0 Å². The first-order valence-corrected chi connectivity index (χ1v) is 12.8. The topological polar surface area (TPSA) is 78.5 Å². The number of piperidine rings is 1. The van der Waals surface area contributed by atoms with Crippen LogP contribution in [0.25, 0.3) is 0 Å². The molecule has 0 radical (unpaired) electrons. The summed E-state index contributed by atoms with van der Waals surface area (Å²) in [6.45, 7) is 2.61. The summed E-state index contributed by atoms with van der Waals surface area (Å²) in [7, 11) is 0. The van der Waals surface area contributed by atoms with Crippen molar-refractivity contribution >= 4 is 17.7 Å². The number of nitrogens with one attached hydrogen (secondary N) is 2. The van der Waals surface area contributed by atoms with E-state index in [0.29, 0.717) is 31.5 Å². The van der Waals surface area contributed by atoms with Gasteiger partial charge in [-0.1, -0.05) is 31.0 Å². The van der Waals surface area contributed by atoms with Gasteiger partial charge in [-0.05, 0) is 68.5 Å². The molecule has 1 saturated heterocycles. The number of aryl methyl sites for hydroxylation is 1. The number of amides is 3. The van der Waals surface area contributed by atoms with E-state index in [9.17, 15) is 27.6 Å². The van der Waals surface area contributed by atoms with Crippen LogP contribution < -0.4 is 10.6 Å². The van der Waals surface area contributed by atoms with Gasteiger partial charge in [-0.2, -0.15) is 13.2 Å². The summed E-state index contributed by atoms with van der Waals surface area (Å²) < 4.78 is 38.4. The van der Waals surface area contributed by atoms with E-state index in [1.54, 1.807) is 11.0 Å². The Labute approximate surface area is 214 Å². The first-order chi connectivity index (χ1) is 17.6. The maximum absolute atomic E-state index is 13.1. The number of halogens is 3. The van der Waals surface area contributed by atoms with Crippen LogP contribution in [0.5, 0.6) is 0 Å². The maximum atomic E-state index is 13.1. The number of nitrogens with zero attached hydrogens (tertiary/aromatic N) is 1. The van der Waals surface area contributed by atoms with E-state index >= 15 is 0 Å². The summed E-state index contributed by atoms with van der Waals surface area (Å²) in [5.74, 6) is -0.812. The van der Waals surface area contributed by atoms with Crippen molar-refractivity contribution in [3.8, 4) is 0 Å². The average molecular weight is 516 g/mol. The number of alkyl halides is 3. The minimum atomic E-state index is -4.45. The van der Waals surface area contributed by atoms with Crippen LogP contribution in [-0.4, -0.2) is 47.8 Å². The molecule has 1 heterocycles. The number of carbonyl (C=O) groups is 3. The highest BCUT2D eigenvalue weighted by atomic mass is 19.4. The predicted octanol–water partition coefficient (Wildman–Crippen LogP) is 4.72. The molecule has 2 aromatic rings. The van der Waals surface area contributed by atoms with Gasteiger partial charge in [0.25, 0.3) is 11.8 Å². The third-order valence-electron chi connectivity index (χ3n) is 7.41. The van der Waals surface area contributed by atoms with E-state index in [2.05, 4.69) is 10.6 Å². The lowest BCUT2D eigenvalue weighted by atomic mass is 9.88. The molecule has 1 saturated carbocycles. The lowest BCUT2D eigenvalue weighted by molar-refractivity contribution is -0.137. The third-order valence-corrected chi connectivity index (χ3v) is 7.41. The highest BCUT2D eigenvalue weighted by Gasteiger charge is 2.34. The van der Waals surface area contributed by atoms with E-state index in [1.165, 1.54) is 12.1 Å². The quantitative estimate of drug-likeness (QED) is 0.605. The summed E-state index contributed by atoms with van der Waals surface area (Å²) in [6, 6.07) is 11.3. The Morgan fingerprint density at radius 1 is 0.838 bits per heavy atom. The molecule has 0 aromatic heterocycles. The van der Waals surface area contributed by atoms with Gasteiger partial charge < -0.3 is 15.5 Å². The minimum Gasteiger partial charge on any atom is -0.351 e. The second kappa shape index (κ2) is 11.4. The summed E-state index contributed by atoms with van der Waals surface area (Å²) in [4.78, 5) is 40.2. The molecule has 6 nitrogen and oxygen atoms in total. The largest absolute Gasteiger partial charge is 0.416 e. The molecule has 2 fully saturated rings. The third kappa shape index (κ3) is 6.50. The summed E-state index contributed by atoms with van der Waals surface area (Å²) in [5, 5.41) is 6.25. The van der Waals surface area contributed by atoms with Crippen LogP contribution in [0.1, 0.15) is 70.4 Å². The Morgan fingerprint density at radius 2 is 1.43 bits per heavy atom. The number of hydrogen-bond acceptors (Lipinski definition) is 3. The normalized spacial score (nSPS) is 20.8. The van der Waals surface area contributed by atoms with Gasteiger partial charge in [0.1, 0.15) is 0 Å². The number of benzene rings is 2. The number of hydrogen-bond donors (Lipinski definition) is 2. The maximum Gasteiger partial charge on any atom is 0.416 e. The lowest BCUT2D eigenvalue weighted by Crippen LogP contribution is -2.55. The Hall–Kier alpha value is -3.36. The summed E-state index contributed by atoms with van der Waals surface area (Å²) >= 11 is 0. The molecule has 0 spiro atoms. The van der Waals surface area contributed by atoms with Crippen molar-refractivity contribution in [1.82, 2.24) is 15.5 Å². The molecule has 0 bridgehead atoms. The number of carbonyl (C=O) groups excluding carboxylic acids is 3. The molecule has 198 valence electrons. The first-order valence-electron chi connectivity index (χ1n) is 12.8. The van der Waals surface area contributed by atoms with Crippen molar-refractivity contribution in [3.05, 3.63) is 70.8 Å². The Bertz CT molecular complexity index is 1130. The summed E-state index contributed by atoms with van der Waals surface area (Å²) in [6.07, 6.45) is 0.0416. The first kappa shape index (κ1) is 26.7. The van der Waals surface area contributed by atoms with Crippen LogP contribution in [0.15, 0.2) is 48.5 Å². The molecule has 1 aliphatic carbocycles. The van der Waals surface area contributed by atoms with Gasteiger partial charge in [0.05, 0.1) is 5.56 Å². The van der Waals surface area contributed by atoms with Crippen molar-refractivity contribution in [3.63, 3.8) is 0 Å². The van der Waals surface area contributed by atoms with Gasteiger partial charge in [0.15, 0.2) is 0 Å². The summed E-state index contributed by atoms with van der Waals surface area (Å²) in [5.41, 5.74) is 0.929. The van der Waals surface area contributed by atoms with Gasteiger partial charge in [-0.25, -0.2) is 0 Å². The predicted molar refractivity (Wildman–Crippen MR) is 133 cm³/mol. The Morgan fingerprint density at radius 3 is 2.03 bits per heavy atom. The molecule has 2 aromatic carbocycles. The molecular formula is C28H32F3N3O3. The van der Waals surface area contributed by atoms with Crippen molar-refractivity contribution in [2.24, 2.45) is 5.92 Å². The fourth-order valence-electron chi connectivity index (χ4n) is 5.18. The zero-order chi connectivity index (χ0) is 26.6. The van der Waals surface area contributed by atoms with E-state index in [0.717, 1.165) is 43.4 Å². The molecule has 2 atom stereocenters. The van der Waals surface area contributed by atoms with E-state index in [4.69, 9.17) is 0 Å². The smallest absolute Gasteiger partial charge is 0.351 e. The molecule has 0 unspecified atom stereocenters. The second-order valence-corrected chi connectivity index (χ2v) is 9.94. The van der Waals surface area contributed by atoms with Crippen LogP contribution in [0.4, 0.5) is 13.2 Å². The van der Waals surface area contributed by atoms with Crippen LogP contribution >= 0.6 is 0 Å². The van der Waals surface area contributed by atoms with Gasteiger partial charge in [-0.3, -0.25) is 14.4 Å². The second-order valence-electron chi connectivity index (χ2n) is 9.94. The fraction of sp³-hybridized carbons (Fsp3) is 0.464. The molecule has 2 aliphatic rings. The van der Waals surface area contributed by atoms with Crippen molar-refractivity contribution in [1.29, 1.82) is 0 Å². The monoisotopic (exact) mass is 515 g/mol. The molecule has 3 amide bonds. The van der Waals surface area contributed by atoms with Gasteiger partial charge >= 0.3 is 6.18 Å². The molecule has 37 heavy (non-hydrogen) atoms. The average Bonchev–Trinajstić information content (AvgIpc) is 2.89. The van der Waals surface area contributed by atoms with Crippen LogP contribution in [0, 0.1) is 12.8 Å². The van der Waals surface area contributed by atoms with Crippen molar-refractivity contribution < 1.29 is 27.6 Å². The SMILES string of the molecule is Cc1ccccc1C(=O)N[C@@H]1CCCC[C@H]1NC(=O)C1CCN(C(=O)c2ccc(C(F)(F)F)cc2)CC1. The molecular weight excluding hydrogens is 483 g/mol. The van der Waals surface area contributed by atoms with Crippen molar-refractivity contribution in [2.45, 2.75) is 63.7 Å². The Balaban J connectivity index is 1.30. The lowest BCUT2D eigenvalue weighted by Gasteiger charge is -2.36. The van der Waals surface area contributed by atoms with Gasteiger partial charge in [0, 0.05) is 42.2 Å². The minimum absolute atomic E-state index is 0.0799. The molecule has 2 N–H and O–H groups in total. The van der Waals surface area contributed by atoms with E-state index in [1.807, 2.05) is 25.1 Å². The van der Waals surface area contributed by atoms with Crippen LogP contribution in [0.3, 0.4) is 0 Å². The van der Waals surface area contributed by atoms with Gasteiger partial charge in [0.2, 0.25) is 5.91 Å². The molecule has 9 heteroatoms. The van der Waals surface area contributed by atoms with E-state index < -0.39 is 11.7 Å².